The Balaban J connectivity index is 2.15. The average molecular weight is 147 g/mol. The van der Waals surface area contributed by atoms with Crippen LogP contribution in [0.25, 0.3) is 0 Å². The lowest BCUT2D eigenvalue weighted by atomic mass is 9.79. The van der Waals surface area contributed by atoms with Gasteiger partial charge in [0.25, 0.3) is 5.92 Å². The van der Waals surface area contributed by atoms with Gasteiger partial charge in [0.15, 0.2) is 0 Å². The molecule has 1 nitrogen and oxygen atoms in total. The Morgan fingerprint density at radius 2 is 2.10 bits per heavy atom. The summed E-state index contributed by atoms with van der Waals surface area (Å²) < 4.78 is 25.7. The molecule has 0 amide bonds. The monoisotopic (exact) mass is 147 g/mol. The lowest BCUT2D eigenvalue weighted by Crippen LogP contribution is -2.56. The maximum atomic E-state index is 12.8. The number of alkyl halides is 2. The summed E-state index contributed by atoms with van der Waals surface area (Å²) in [5.74, 6) is -2.18. The van der Waals surface area contributed by atoms with Crippen LogP contribution in [0.4, 0.5) is 8.78 Å². The molecule has 0 aromatic heterocycles. The van der Waals surface area contributed by atoms with Gasteiger partial charge < -0.3 is 5.32 Å². The molecule has 2 saturated heterocycles. The number of rotatable bonds is 0. The molecule has 3 aliphatic rings. The van der Waals surface area contributed by atoms with E-state index in [1.807, 2.05) is 0 Å². The molecule has 2 heterocycles. The Hall–Kier alpha value is -0.180. The van der Waals surface area contributed by atoms with E-state index in [4.69, 9.17) is 0 Å². The SMILES string of the molecule is FC1(F)CC2CCC1NC2. The van der Waals surface area contributed by atoms with Crippen LogP contribution in [0.15, 0.2) is 0 Å². The first-order valence-corrected chi connectivity index (χ1v) is 3.80. The van der Waals surface area contributed by atoms with Gasteiger partial charge in [-0.25, -0.2) is 8.78 Å². The van der Waals surface area contributed by atoms with Gasteiger partial charge in [-0.3, -0.25) is 0 Å². The molecule has 0 aromatic carbocycles. The van der Waals surface area contributed by atoms with Crippen molar-refractivity contribution < 1.29 is 8.78 Å². The Morgan fingerprint density at radius 1 is 1.30 bits per heavy atom. The number of piperidine rings is 2. The molecular formula is C7H11F2N. The van der Waals surface area contributed by atoms with E-state index in [2.05, 4.69) is 5.32 Å². The number of fused-ring (bicyclic) bond motifs is 3. The summed E-state index contributed by atoms with van der Waals surface area (Å²) in [6.07, 6.45) is 1.77. The van der Waals surface area contributed by atoms with E-state index in [0.717, 1.165) is 13.0 Å². The number of hydrogen-bond acceptors (Lipinski definition) is 1. The second-order valence-electron chi connectivity index (χ2n) is 3.37. The van der Waals surface area contributed by atoms with E-state index in [-0.39, 0.29) is 12.3 Å². The third kappa shape index (κ3) is 0.839. The van der Waals surface area contributed by atoms with Gasteiger partial charge in [-0.05, 0) is 25.3 Å². The summed E-state index contributed by atoms with van der Waals surface area (Å²) in [4.78, 5) is 0. The molecule has 0 aromatic rings. The van der Waals surface area contributed by atoms with Gasteiger partial charge in [0.2, 0.25) is 0 Å². The van der Waals surface area contributed by atoms with E-state index < -0.39 is 12.0 Å². The molecule has 0 spiro atoms. The topological polar surface area (TPSA) is 12.0 Å². The van der Waals surface area contributed by atoms with Crippen LogP contribution in [0.3, 0.4) is 0 Å². The summed E-state index contributed by atoms with van der Waals surface area (Å²) in [5, 5.41) is 2.86. The van der Waals surface area contributed by atoms with Crippen LogP contribution in [-0.2, 0) is 0 Å². The number of halogens is 2. The van der Waals surface area contributed by atoms with Crippen molar-refractivity contribution in [3.8, 4) is 0 Å². The van der Waals surface area contributed by atoms with Crippen LogP contribution < -0.4 is 5.32 Å². The van der Waals surface area contributed by atoms with E-state index in [1.165, 1.54) is 0 Å². The molecule has 1 aliphatic carbocycles. The Labute approximate surface area is 58.8 Å². The third-order valence-electron chi connectivity index (χ3n) is 2.59. The molecular weight excluding hydrogens is 136 g/mol. The minimum absolute atomic E-state index is 0.116. The Bertz CT molecular complexity index is 139. The van der Waals surface area contributed by atoms with Crippen molar-refractivity contribution in [2.75, 3.05) is 6.54 Å². The Kier molecular flexibility index (Phi) is 1.24. The zero-order valence-corrected chi connectivity index (χ0v) is 5.74. The van der Waals surface area contributed by atoms with Crippen LogP contribution in [0, 0.1) is 5.92 Å². The van der Waals surface area contributed by atoms with Crippen molar-refractivity contribution in [3.63, 3.8) is 0 Å². The Morgan fingerprint density at radius 3 is 2.30 bits per heavy atom. The minimum Gasteiger partial charge on any atom is -0.308 e. The zero-order chi connectivity index (χ0) is 7.19. The first-order chi connectivity index (χ1) is 4.68. The molecule has 58 valence electrons. The van der Waals surface area contributed by atoms with Crippen molar-refractivity contribution in [2.24, 2.45) is 5.92 Å². The standard InChI is InChI=1S/C7H11F2N/c8-7(9)3-5-1-2-6(7)10-4-5/h5-6,10H,1-4H2. The number of hydrogen-bond donors (Lipinski definition) is 1. The molecule has 1 saturated carbocycles. The average Bonchev–Trinajstić information content (AvgIpc) is 1.87. The van der Waals surface area contributed by atoms with Crippen LogP contribution in [-0.4, -0.2) is 18.5 Å². The molecule has 3 fully saturated rings. The van der Waals surface area contributed by atoms with E-state index >= 15 is 0 Å². The number of nitrogens with one attached hydrogen (secondary N) is 1. The summed E-state index contributed by atoms with van der Waals surface area (Å²) >= 11 is 0. The molecule has 3 heteroatoms. The molecule has 2 unspecified atom stereocenters. The van der Waals surface area contributed by atoms with E-state index in [9.17, 15) is 8.78 Å². The first kappa shape index (κ1) is 6.53. The van der Waals surface area contributed by atoms with Gasteiger partial charge in [-0.2, -0.15) is 0 Å². The summed E-state index contributed by atoms with van der Waals surface area (Å²) in [6.45, 7) is 0.806. The second kappa shape index (κ2) is 1.91. The predicted molar refractivity (Wildman–Crippen MR) is 34.1 cm³/mol. The highest BCUT2D eigenvalue weighted by Gasteiger charge is 2.48. The molecule has 10 heavy (non-hydrogen) atoms. The summed E-state index contributed by atoms with van der Waals surface area (Å²) in [5.41, 5.74) is 0. The quantitative estimate of drug-likeness (QED) is 0.546. The second-order valence-corrected chi connectivity index (χ2v) is 3.37. The van der Waals surface area contributed by atoms with E-state index in [1.54, 1.807) is 0 Å². The first-order valence-electron chi connectivity index (χ1n) is 3.80. The van der Waals surface area contributed by atoms with Crippen molar-refractivity contribution >= 4 is 0 Å². The third-order valence-corrected chi connectivity index (χ3v) is 2.59. The van der Waals surface area contributed by atoms with Gasteiger partial charge in [0, 0.05) is 6.42 Å². The smallest absolute Gasteiger partial charge is 0.263 e. The van der Waals surface area contributed by atoms with Crippen LogP contribution in [0.1, 0.15) is 19.3 Å². The molecule has 1 N–H and O–H groups in total. The van der Waals surface area contributed by atoms with Crippen molar-refractivity contribution in [1.29, 1.82) is 0 Å². The highest BCUT2D eigenvalue weighted by molar-refractivity contribution is 4.96. The van der Waals surface area contributed by atoms with Gasteiger partial charge >= 0.3 is 0 Å². The molecule has 3 rings (SSSR count). The highest BCUT2D eigenvalue weighted by atomic mass is 19.3. The van der Waals surface area contributed by atoms with Crippen LogP contribution in [0.5, 0.6) is 0 Å². The van der Waals surface area contributed by atoms with Crippen LogP contribution in [0.2, 0.25) is 0 Å². The maximum Gasteiger partial charge on any atom is 0.263 e. The largest absolute Gasteiger partial charge is 0.308 e. The fraction of sp³-hybridized carbons (Fsp3) is 1.00. The fourth-order valence-electron chi connectivity index (χ4n) is 1.98. The van der Waals surface area contributed by atoms with Gasteiger partial charge in [-0.1, -0.05) is 0 Å². The van der Waals surface area contributed by atoms with E-state index in [0.29, 0.717) is 6.42 Å². The summed E-state index contributed by atoms with van der Waals surface area (Å²) in [6, 6.07) is -0.516. The molecule has 2 atom stereocenters. The summed E-state index contributed by atoms with van der Waals surface area (Å²) in [7, 11) is 0. The molecule has 0 radical (unpaired) electrons. The zero-order valence-electron chi connectivity index (χ0n) is 5.74. The lowest BCUT2D eigenvalue weighted by molar-refractivity contribution is -0.103. The van der Waals surface area contributed by atoms with Crippen molar-refractivity contribution in [3.05, 3.63) is 0 Å². The maximum absolute atomic E-state index is 12.8. The molecule has 2 aliphatic heterocycles. The normalized spacial score (nSPS) is 43.8. The van der Waals surface area contributed by atoms with Gasteiger partial charge in [-0.15, -0.1) is 0 Å². The lowest BCUT2D eigenvalue weighted by Gasteiger charge is -2.42. The highest BCUT2D eigenvalue weighted by Crippen LogP contribution is 2.40. The van der Waals surface area contributed by atoms with Gasteiger partial charge in [0.1, 0.15) is 0 Å². The van der Waals surface area contributed by atoms with Crippen molar-refractivity contribution in [1.82, 2.24) is 5.32 Å². The van der Waals surface area contributed by atoms with Crippen LogP contribution >= 0.6 is 0 Å². The molecule has 2 bridgehead atoms. The fourth-order valence-corrected chi connectivity index (χ4v) is 1.98. The predicted octanol–water partition coefficient (Wildman–Crippen LogP) is 1.39. The minimum atomic E-state index is -2.42. The van der Waals surface area contributed by atoms with Gasteiger partial charge in [0.05, 0.1) is 6.04 Å². The van der Waals surface area contributed by atoms with Crippen molar-refractivity contribution in [2.45, 2.75) is 31.2 Å².